The molecule has 1 aromatic heterocycles. The van der Waals surface area contributed by atoms with Crippen LogP contribution in [0, 0.1) is 6.92 Å². The number of carbonyl (C=O) groups is 1. The van der Waals surface area contributed by atoms with Gasteiger partial charge < -0.3 is 10.6 Å². The molecule has 8 heteroatoms. The Bertz CT molecular complexity index is 582. The Morgan fingerprint density at radius 1 is 1.26 bits per heavy atom. The number of aryl methyl sites for hydroxylation is 1. The van der Waals surface area contributed by atoms with Gasteiger partial charge in [-0.3, -0.25) is 4.79 Å². The summed E-state index contributed by atoms with van der Waals surface area (Å²) < 4.78 is 37.8. The summed E-state index contributed by atoms with van der Waals surface area (Å²) in [5, 5.41) is 6.41. The van der Waals surface area contributed by atoms with Gasteiger partial charge in [0.2, 0.25) is 0 Å². The number of nitrogens with zero attached hydrogens (tertiary/aromatic N) is 1. The molecule has 2 saturated heterocycles. The first-order valence-electron chi connectivity index (χ1n) is 7.44. The number of fused-ring (bicyclic) bond motifs is 2. The maximum atomic E-state index is 12.6. The Morgan fingerprint density at radius 2 is 1.87 bits per heavy atom. The van der Waals surface area contributed by atoms with Crippen LogP contribution < -0.4 is 10.6 Å². The van der Waals surface area contributed by atoms with E-state index in [1.807, 2.05) is 0 Å². The van der Waals surface area contributed by atoms with Crippen LogP contribution in [0.3, 0.4) is 0 Å². The maximum Gasteiger partial charge on any atom is 0.433 e. The Labute approximate surface area is 138 Å². The molecule has 2 unspecified atom stereocenters. The van der Waals surface area contributed by atoms with Gasteiger partial charge in [-0.2, -0.15) is 13.2 Å². The first-order chi connectivity index (χ1) is 10.3. The Hall–Kier alpha value is -1.34. The summed E-state index contributed by atoms with van der Waals surface area (Å²) in [6.45, 7) is 1.43. The lowest BCUT2D eigenvalue weighted by Gasteiger charge is -2.29. The van der Waals surface area contributed by atoms with Gasteiger partial charge in [0.25, 0.3) is 5.91 Å². The van der Waals surface area contributed by atoms with Crippen molar-refractivity contribution < 1.29 is 18.0 Å². The van der Waals surface area contributed by atoms with Crippen LogP contribution in [-0.4, -0.2) is 29.0 Å². The predicted molar refractivity (Wildman–Crippen MR) is 81.7 cm³/mol. The number of aromatic nitrogens is 1. The highest BCUT2D eigenvalue weighted by Gasteiger charge is 2.35. The molecule has 0 saturated carbocycles. The van der Waals surface area contributed by atoms with Crippen molar-refractivity contribution in [1.82, 2.24) is 15.6 Å². The van der Waals surface area contributed by atoms with E-state index < -0.39 is 11.9 Å². The minimum atomic E-state index is -4.49. The molecule has 2 bridgehead atoms. The van der Waals surface area contributed by atoms with E-state index in [-0.39, 0.29) is 35.6 Å². The maximum absolute atomic E-state index is 12.6. The smallest absolute Gasteiger partial charge is 0.349 e. The van der Waals surface area contributed by atoms with E-state index in [2.05, 4.69) is 15.6 Å². The average Bonchev–Trinajstić information content (AvgIpc) is 2.76. The highest BCUT2D eigenvalue weighted by Crippen LogP contribution is 2.29. The van der Waals surface area contributed by atoms with Gasteiger partial charge in [-0.25, -0.2) is 4.98 Å². The summed E-state index contributed by atoms with van der Waals surface area (Å²) >= 11 is 0. The van der Waals surface area contributed by atoms with Crippen LogP contribution in [0.5, 0.6) is 0 Å². The highest BCUT2D eigenvalue weighted by molar-refractivity contribution is 5.95. The van der Waals surface area contributed by atoms with Gasteiger partial charge in [-0.15, -0.1) is 12.4 Å². The van der Waals surface area contributed by atoms with Crippen molar-refractivity contribution in [3.8, 4) is 0 Å². The number of amides is 1. The normalized spacial score (nSPS) is 26.5. The Kier molecular flexibility index (Phi) is 5.20. The molecule has 1 amide bonds. The van der Waals surface area contributed by atoms with Gasteiger partial charge in [0, 0.05) is 18.1 Å². The van der Waals surface area contributed by atoms with E-state index in [4.69, 9.17) is 0 Å². The molecule has 0 aliphatic carbocycles. The Morgan fingerprint density at radius 3 is 2.39 bits per heavy atom. The minimum absolute atomic E-state index is 0. The third kappa shape index (κ3) is 3.95. The lowest BCUT2D eigenvalue weighted by molar-refractivity contribution is -0.141. The molecule has 23 heavy (non-hydrogen) atoms. The second kappa shape index (κ2) is 6.65. The van der Waals surface area contributed by atoms with Crippen LogP contribution in [0.15, 0.2) is 12.1 Å². The van der Waals surface area contributed by atoms with Gasteiger partial charge in [-0.1, -0.05) is 0 Å². The Balaban J connectivity index is 0.00000192. The quantitative estimate of drug-likeness (QED) is 0.863. The van der Waals surface area contributed by atoms with Crippen LogP contribution in [0.25, 0.3) is 0 Å². The van der Waals surface area contributed by atoms with Crippen molar-refractivity contribution in [1.29, 1.82) is 0 Å². The van der Waals surface area contributed by atoms with Crippen LogP contribution in [-0.2, 0) is 6.18 Å². The second-order valence-corrected chi connectivity index (χ2v) is 6.11. The van der Waals surface area contributed by atoms with E-state index >= 15 is 0 Å². The van der Waals surface area contributed by atoms with E-state index in [0.29, 0.717) is 12.1 Å². The van der Waals surface area contributed by atoms with E-state index in [9.17, 15) is 18.0 Å². The molecule has 0 spiro atoms. The predicted octanol–water partition coefficient (Wildman–Crippen LogP) is 2.84. The number of alkyl halides is 3. The number of carbonyl (C=O) groups excluding carboxylic acids is 1. The van der Waals surface area contributed by atoms with Gasteiger partial charge >= 0.3 is 6.18 Å². The summed E-state index contributed by atoms with van der Waals surface area (Å²) in [7, 11) is 0. The summed E-state index contributed by atoms with van der Waals surface area (Å²) in [5.41, 5.74) is -0.662. The molecule has 2 aliphatic heterocycles. The largest absolute Gasteiger partial charge is 0.433 e. The van der Waals surface area contributed by atoms with Crippen molar-refractivity contribution >= 4 is 18.3 Å². The lowest BCUT2D eigenvalue weighted by Crippen LogP contribution is -2.48. The van der Waals surface area contributed by atoms with E-state index in [1.165, 1.54) is 13.0 Å². The van der Waals surface area contributed by atoms with E-state index in [1.54, 1.807) is 0 Å². The van der Waals surface area contributed by atoms with Crippen LogP contribution in [0.2, 0.25) is 0 Å². The summed E-state index contributed by atoms with van der Waals surface area (Å²) in [4.78, 5) is 15.8. The molecule has 0 radical (unpaired) electrons. The molecule has 128 valence electrons. The summed E-state index contributed by atoms with van der Waals surface area (Å²) in [6, 6.07) is 3.02. The fourth-order valence-electron chi connectivity index (χ4n) is 3.40. The van der Waals surface area contributed by atoms with Crippen molar-refractivity contribution in [2.45, 2.75) is 56.9 Å². The molecule has 2 aliphatic rings. The van der Waals surface area contributed by atoms with Gasteiger partial charge in [0.05, 0.1) is 11.3 Å². The second-order valence-electron chi connectivity index (χ2n) is 6.11. The number of hydrogen-bond donors (Lipinski definition) is 2. The molecule has 3 rings (SSSR count). The zero-order chi connectivity index (χ0) is 15.9. The highest BCUT2D eigenvalue weighted by atomic mass is 35.5. The molecule has 2 atom stereocenters. The van der Waals surface area contributed by atoms with Crippen molar-refractivity contribution in [3.05, 3.63) is 29.1 Å². The molecular formula is C15H19ClF3N3O. The zero-order valence-corrected chi connectivity index (χ0v) is 13.4. The number of halogens is 4. The zero-order valence-electron chi connectivity index (χ0n) is 12.6. The molecule has 2 N–H and O–H groups in total. The number of hydrogen-bond acceptors (Lipinski definition) is 3. The summed E-state index contributed by atoms with van der Waals surface area (Å²) in [6.07, 6.45) is -0.505. The number of piperidine rings is 1. The molecular weight excluding hydrogens is 331 g/mol. The molecule has 2 fully saturated rings. The van der Waals surface area contributed by atoms with E-state index in [0.717, 1.165) is 31.7 Å². The number of pyridine rings is 1. The molecule has 3 heterocycles. The monoisotopic (exact) mass is 349 g/mol. The third-order valence-corrected chi connectivity index (χ3v) is 4.43. The van der Waals surface area contributed by atoms with Crippen molar-refractivity contribution in [3.63, 3.8) is 0 Å². The lowest BCUT2D eigenvalue weighted by atomic mass is 9.99. The van der Waals surface area contributed by atoms with Crippen molar-refractivity contribution in [2.75, 3.05) is 0 Å². The van der Waals surface area contributed by atoms with Gasteiger partial charge in [0.1, 0.15) is 5.69 Å². The molecule has 0 aromatic carbocycles. The minimum Gasteiger partial charge on any atom is -0.349 e. The van der Waals surface area contributed by atoms with Crippen LogP contribution >= 0.6 is 12.4 Å². The standard InChI is InChI=1S/C15H18F3N3O.ClH/c1-8-12(4-5-13(19-8)15(16,17)18)14(22)21-11-6-9-2-3-10(7-11)20-9;/h4-5,9-11,20H,2-3,6-7H2,1H3,(H,21,22);1H. The SMILES string of the molecule is Cc1nc(C(F)(F)F)ccc1C(=O)NC1CC2CCC(C1)N2.Cl. The fraction of sp³-hybridized carbons (Fsp3) is 0.600. The number of nitrogens with one attached hydrogen (secondary N) is 2. The topological polar surface area (TPSA) is 54.0 Å². The first kappa shape index (κ1) is 18.0. The molecule has 4 nitrogen and oxygen atoms in total. The van der Waals surface area contributed by atoms with Gasteiger partial charge in [0.15, 0.2) is 0 Å². The molecule has 1 aromatic rings. The van der Waals surface area contributed by atoms with Crippen LogP contribution in [0.1, 0.15) is 47.4 Å². The summed E-state index contributed by atoms with van der Waals surface area (Å²) in [5.74, 6) is -0.343. The number of rotatable bonds is 2. The van der Waals surface area contributed by atoms with Gasteiger partial charge in [-0.05, 0) is 44.7 Å². The van der Waals surface area contributed by atoms with Crippen molar-refractivity contribution in [2.24, 2.45) is 0 Å². The van der Waals surface area contributed by atoms with Crippen LogP contribution in [0.4, 0.5) is 13.2 Å². The third-order valence-electron chi connectivity index (χ3n) is 4.43. The first-order valence-corrected chi connectivity index (χ1v) is 7.44. The fourth-order valence-corrected chi connectivity index (χ4v) is 3.40. The average molecular weight is 350 g/mol.